The number of carbonyl (C=O) groups excluding carboxylic acids is 1. The predicted molar refractivity (Wildman–Crippen MR) is 65.4 cm³/mol. The fourth-order valence-electron chi connectivity index (χ4n) is 2.18. The van der Waals surface area contributed by atoms with Crippen LogP contribution in [0.1, 0.15) is 10.5 Å². The van der Waals surface area contributed by atoms with Crippen molar-refractivity contribution in [3.63, 3.8) is 0 Å². The number of fused-ring (bicyclic) bond motifs is 1. The van der Waals surface area contributed by atoms with Crippen LogP contribution < -0.4 is 10.6 Å². The minimum Gasteiger partial charge on any atom is -0.378 e. The zero-order chi connectivity index (χ0) is 12.5. The molecule has 0 saturated carbocycles. The molecule has 2 aromatic rings. The summed E-state index contributed by atoms with van der Waals surface area (Å²) in [6.45, 7) is 2.91. The van der Waals surface area contributed by atoms with Crippen molar-refractivity contribution in [2.75, 3.05) is 31.2 Å². The van der Waals surface area contributed by atoms with Gasteiger partial charge in [-0.15, -0.1) is 0 Å². The molecule has 18 heavy (non-hydrogen) atoms. The van der Waals surface area contributed by atoms with Crippen LogP contribution in [0.15, 0.2) is 12.3 Å². The predicted octanol–water partition coefficient (Wildman–Crippen LogP) is -0.107. The monoisotopic (exact) mass is 247 g/mol. The Labute approximate surface area is 103 Å². The Morgan fingerprint density at radius 1 is 1.44 bits per heavy atom. The number of nitrogens with zero attached hydrogens (tertiary/aromatic N) is 3. The number of aromatic nitrogens is 3. The van der Waals surface area contributed by atoms with Gasteiger partial charge in [-0.25, -0.2) is 4.98 Å². The molecule has 3 N–H and O–H groups in total. The van der Waals surface area contributed by atoms with Gasteiger partial charge in [0.25, 0.3) is 5.91 Å². The lowest BCUT2D eigenvalue weighted by Crippen LogP contribution is -2.36. The number of morpholine rings is 1. The van der Waals surface area contributed by atoms with Gasteiger partial charge in [-0.2, -0.15) is 5.10 Å². The molecular formula is C11H13N5O2. The number of nitrogens with two attached hydrogens (primary N) is 1. The van der Waals surface area contributed by atoms with Gasteiger partial charge in [-0.05, 0) is 6.07 Å². The number of H-pyrrole nitrogens is 1. The first-order valence-corrected chi connectivity index (χ1v) is 5.73. The third kappa shape index (κ3) is 1.68. The molecule has 1 saturated heterocycles. The van der Waals surface area contributed by atoms with Gasteiger partial charge in [0.15, 0.2) is 5.65 Å². The summed E-state index contributed by atoms with van der Waals surface area (Å²) in [7, 11) is 0. The Balaban J connectivity index is 2.15. The minimum atomic E-state index is -0.528. The first-order valence-electron chi connectivity index (χ1n) is 5.73. The summed E-state index contributed by atoms with van der Waals surface area (Å²) in [6.07, 6.45) is 1.68. The smallest absolute Gasteiger partial charge is 0.267 e. The van der Waals surface area contributed by atoms with Crippen LogP contribution in [0.2, 0.25) is 0 Å². The SMILES string of the molecule is NC(=O)c1[nH]nc2nccc(N3CCOCC3)c12. The summed E-state index contributed by atoms with van der Waals surface area (Å²) in [6, 6.07) is 1.87. The number of pyridine rings is 1. The highest BCUT2D eigenvalue weighted by Crippen LogP contribution is 2.27. The van der Waals surface area contributed by atoms with E-state index in [9.17, 15) is 4.79 Å². The molecule has 0 aliphatic carbocycles. The Morgan fingerprint density at radius 2 is 2.22 bits per heavy atom. The molecule has 0 radical (unpaired) electrons. The maximum Gasteiger partial charge on any atom is 0.267 e. The van der Waals surface area contributed by atoms with Gasteiger partial charge >= 0.3 is 0 Å². The molecule has 0 aromatic carbocycles. The third-order valence-corrected chi connectivity index (χ3v) is 3.03. The largest absolute Gasteiger partial charge is 0.378 e. The molecule has 1 amide bonds. The van der Waals surface area contributed by atoms with Crippen molar-refractivity contribution in [3.8, 4) is 0 Å². The number of rotatable bonds is 2. The van der Waals surface area contributed by atoms with Crippen molar-refractivity contribution in [1.29, 1.82) is 0 Å². The molecule has 0 bridgehead atoms. The highest BCUT2D eigenvalue weighted by molar-refractivity contribution is 6.07. The second kappa shape index (κ2) is 4.26. The van der Waals surface area contributed by atoms with Crippen LogP contribution in [0, 0.1) is 0 Å². The van der Waals surface area contributed by atoms with Gasteiger partial charge in [0.1, 0.15) is 5.69 Å². The van der Waals surface area contributed by atoms with Gasteiger partial charge < -0.3 is 15.4 Å². The van der Waals surface area contributed by atoms with Crippen molar-refractivity contribution >= 4 is 22.6 Å². The van der Waals surface area contributed by atoms with Crippen molar-refractivity contribution in [3.05, 3.63) is 18.0 Å². The summed E-state index contributed by atoms with van der Waals surface area (Å²) in [5, 5.41) is 7.34. The van der Waals surface area contributed by atoms with Crippen molar-refractivity contribution in [2.45, 2.75) is 0 Å². The molecule has 2 aromatic heterocycles. The maximum absolute atomic E-state index is 11.4. The van der Waals surface area contributed by atoms with Gasteiger partial charge in [0, 0.05) is 19.3 Å². The van der Waals surface area contributed by atoms with E-state index in [0.29, 0.717) is 29.9 Å². The first-order chi connectivity index (χ1) is 8.77. The van der Waals surface area contributed by atoms with Gasteiger partial charge in [-0.3, -0.25) is 9.89 Å². The average molecular weight is 247 g/mol. The highest BCUT2D eigenvalue weighted by atomic mass is 16.5. The standard InChI is InChI=1S/C11H13N5O2/c12-10(17)9-8-7(16-3-5-18-6-4-16)1-2-13-11(8)15-14-9/h1-2H,3-6H2,(H2,12,17)(H,13,14,15). The number of aromatic amines is 1. The molecule has 1 aliphatic rings. The fourth-order valence-corrected chi connectivity index (χ4v) is 2.18. The lowest BCUT2D eigenvalue weighted by molar-refractivity contribution is 0.0997. The van der Waals surface area contributed by atoms with Gasteiger partial charge in [0.05, 0.1) is 24.3 Å². The van der Waals surface area contributed by atoms with Crippen LogP contribution >= 0.6 is 0 Å². The topological polar surface area (TPSA) is 97.1 Å². The molecule has 0 unspecified atom stereocenters. The summed E-state index contributed by atoms with van der Waals surface area (Å²) in [4.78, 5) is 17.7. The second-order valence-corrected chi connectivity index (χ2v) is 4.09. The zero-order valence-corrected chi connectivity index (χ0v) is 9.72. The van der Waals surface area contributed by atoms with Crippen molar-refractivity contribution in [2.24, 2.45) is 5.73 Å². The fraction of sp³-hybridized carbons (Fsp3) is 0.364. The van der Waals surface area contributed by atoms with Gasteiger partial charge in [0.2, 0.25) is 0 Å². The Kier molecular flexibility index (Phi) is 2.60. The maximum atomic E-state index is 11.4. The molecule has 3 rings (SSSR count). The Bertz CT molecular complexity index is 588. The summed E-state index contributed by atoms with van der Waals surface area (Å²) in [5.74, 6) is -0.528. The number of amides is 1. The number of ether oxygens (including phenoxy) is 1. The molecule has 1 fully saturated rings. The normalized spacial score (nSPS) is 16.1. The molecule has 94 valence electrons. The quantitative estimate of drug-likeness (QED) is 0.772. The average Bonchev–Trinajstić information content (AvgIpc) is 2.83. The number of anilines is 1. The van der Waals surface area contributed by atoms with E-state index in [1.54, 1.807) is 6.20 Å². The summed E-state index contributed by atoms with van der Waals surface area (Å²) < 4.78 is 5.32. The number of primary amides is 1. The van der Waals surface area contributed by atoms with Crippen LogP contribution in [0.3, 0.4) is 0 Å². The first kappa shape index (κ1) is 11.0. The molecule has 0 spiro atoms. The Morgan fingerprint density at radius 3 is 2.94 bits per heavy atom. The van der Waals surface area contributed by atoms with E-state index in [4.69, 9.17) is 10.5 Å². The van der Waals surface area contributed by atoms with Crippen LogP contribution in [-0.4, -0.2) is 47.4 Å². The molecule has 3 heterocycles. The minimum absolute atomic E-state index is 0.305. The number of hydrogen-bond acceptors (Lipinski definition) is 5. The molecule has 7 heteroatoms. The Hall–Kier alpha value is -2.15. The van der Waals surface area contributed by atoms with Crippen LogP contribution in [-0.2, 0) is 4.74 Å². The second-order valence-electron chi connectivity index (χ2n) is 4.09. The van der Waals surface area contributed by atoms with E-state index < -0.39 is 5.91 Å². The summed E-state index contributed by atoms with van der Waals surface area (Å²) >= 11 is 0. The van der Waals surface area contributed by atoms with Gasteiger partial charge in [-0.1, -0.05) is 0 Å². The lowest BCUT2D eigenvalue weighted by atomic mass is 10.2. The third-order valence-electron chi connectivity index (χ3n) is 3.03. The zero-order valence-electron chi connectivity index (χ0n) is 9.72. The van der Waals surface area contributed by atoms with E-state index >= 15 is 0 Å². The van der Waals surface area contributed by atoms with E-state index in [1.807, 2.05) is 6.07 Å². The number of hydrogen-bond donors (Lipinski definition) is 2. The van der Waals surface area contributed by atoms with E-state index in [1.165, 1.54) is 0 Å². The van der Waals surface area contributed by atoms with Crippen LogP contribution in [0.25, 0.3) is 11.0 Å². The van der Waals surface area contributed by atoms with E-state index in [2.05, 4.69) is 20.1 Å². The van der Waals surface area contributed by atoms with Crippen LogP contribution in [0.4, 0.5) is 5.69 Å². The molecule has 1 aliphatic heterocycles. The molecular weight excluding hydrogens is 234 g/mol. The molecule has 0 atom stereocenters. The van der Waals surface area contributed by atoms with E-state index in [0.717, 1.165) is 18.8 Å². The number of nitrogens with one attached hydrogen (secondary N) is 1. The number of carbonyl (C=O) groups is 1. The van der Waals surface area contributed by atoms with Crippen molar-refractivity contribution < 1.29 is 9.53 Å². The van der Waals surface area contributed by atoms with E-state index in [-0.39, 0.29) is 0 Å². The van der Waals surface area contributed by atoms with Crippen LogP contribution in [0.5, 0.6) is 0 Å². The summed E-state index contributed by atoms with van der Waals surface area (Å²) in [5.41, 5.74) is 7.08. The lowest BCUT2D eigenvalue weighted by Gasteiger charge is -2.29. The molecule has 7 nitrogen and oxygen atoms in total. The highest BCUT2D eigenvalue weighted by Gasteiger charge is 2.20. The van der Waals surface area contributed by atoms with Crippen molar-refractivity contribution in [1.82, 2.24) is 15.2 Å².